The van der Waals surface area contributed by atoms with Gasteiger partial charge in [-0.3, -0.25) is 0 Å². The van der Waals surface area contributed by atoms with Gasteiger partial charge in [0, 0.05) is 5.39 Å². The van der Waals surface area contributed by atoms with Crippen molar-refractivity contribution in [2.45, 2.75) is 33.3 Å². The second-order valence-electron chi connectivity index (χ2n) is 5.24. The number of carbonyl (C=O) groups excluding carboxylic acids is 1. The van der Waals surface area contributed by atoms with Crippen molar-refractivity contribution in [3.05, 3.63) is 29.5 Å². The second-order valence-corrected chi connectivity index (χ2v) is 5.24. The highest BCUT2D eigenvalue weighted by atomic mass is 19.2. The lowest BCUT2D eigenvalue weighted by molar-refractivity contribution is 0.0521. The van der Waals surface area contributed by atoms with Crippen LogP contribution in [0.15, 0.2) is 12.1 Å². The summed E-state index contributed by atoms with van der Waals surface area (Å²) in [4.78, 5) is 11.9. The molecule has 0 N–H and O–H groups in total. The molecule has 0 atom stereocenters. The zero-order chi connectivity index (χ0) is 14.4. The van der Waals surface area contributed by atoms with E-state index in [9.17, 15) is 13.6 Å². The minimum Gasteiger partial charge on any atom is -0.442 e. The summed E-state index contributed by atoms with van der Waals surface area (Å²) in [5.41, 5.74) is -0.515. The van der Waals surface area contributed by atoms with E-state index < -0.39 is 23.3 Å². The van der Waals surface area contributed by atoms with Crippen molar-refractivity contribution in [3.63, 3.8) is 0 Å². The highest BCUT2D eigenvalue weighted by molar-refractivity contribution is 5.90. The Kier molecular flexibility index (Phi) is 3.04. The topological polar surface area (TPSA) is 44.1 Å². The maximum absolute atomic E-state index is 13.8. The Hall–Kier alpha value is -1.98. The molecule has 102 valence electrons. The van der Waals surface area contributed by atoms with Gasteiger partial charge in [0.1, 0.15) is 11.1 Å². The predicted octanol–water partition coefficient (Wildman–Crippen LogP) is 3.41. The molecule has 0 spiro atoms. The summed E-state index contributed by atoms with van der Waals surface area (Å²) in [5, 5.41) is 4.29. The van der Waals surface area contributed by atoms with E-state index in [0.29, 0.717) is 11.1 Å². The van der Waals surface area contributed by atoms with Gasteiger partial charge in [-0.1, -0.05) is 0 Å². The Morgan fingerprint density at radius 3 is 2.53 bits per heavy atom. The summed E-state index contributed by atoms with van der Waals surface area (Å²) in [6.07, 6.45) is -0.838. The second kappa shape index (κ2) is 4.29. The number of benzene rings is 1. The van der Waals surface area contributed by atoms with Crippen LogP contribution in [0.5, 0.6) is 0 Å². The minimum absolute atomic E-state index is 0.202. The van der Waals surface area contributed by atoms with E-state index in [2.05, 4.69) is 5.10 Å². The van der Waals surface area contributed by atoms with E-state index >= 15 is 0 Å². The molecule has 6 heteroatoms. The largest absolute Gasteiger partial charge is 0.442 e. The van der Waals surface area contributed by atoms with Gasteiger partial charge >= 0.3 is 6.09 Å². The molecule has 4 nitrogen and oxygen atoms in total. The first-order chi connectivity index (χ1) is 8.70. The van der Waals surface area contributed by atoms with E-state index in [-0.39, 0.29) is 5.52 Å². The molecule has 0 saturated heterocycles. The Balaban J connectivity index is 2.61. The van der Waals surface area contributed by atoms with Gasteiger partial charge in [0.25, 0.3) is 0 Å². The van der Waals surface area contributed by atoms with Crippen LogP contribution in [0.2, 0.25) is 0 Å². The fourth-order valence-electron chi connectivity index (χ4n) is 1.73. The molecule has 0 saturated carbocycles. The first-order valence-electron chi connectivity index (χ1n) is 5.77. The number of hydrogen-bond acceptors (Lipinski definition) is 3. The number of hydrogen-bond donors (Lipinski definition) is 0. The summed E-state index contributed by atoms with van der Waals surface area (Å²) >= 11 is 0. The molecule has 0 radical (unpaired) electrons. The summed E-state index contributed by atoms with van der Waals surface area (Å²) < 4.78 is 33.0. The van der Waals surface area contributed by atoms with Gasteiger partial charge in [-0.2, -0.15) is 9.78 Å². The van der Waals surface area contributed by atoms with Gasteiger partial charge in [-0.05, 0) is 39.8 Å². The van der Waals surface area contributed by atoms with Gasteiger partial charge in [0.15, 0.2) is 11.6 Å². The summed E-state index contributed by atoms with van der Waals surface area (Å²) in [7, 11) is 0. The zero-order valence-electron chi connectivity index (χ0n) is 11.1. The third-order valence-electron chi connectivity index (χ3n) is 2.49. The van der Waals surface area contributed by atoms with Crippen molar-refractivity contribution in [2.75, 3.05) is 0 Å². The smallest absolute Gasteiger partial charge is 0.435 e. The summed E-state index contributed by atoms with van der Waals surface area (Å²) in [5.74, 6) is -2.14. The predicted molar refractivity (Wildman–Crippen MR) is 66.0 cm³/mol. The van der Waals surface area contributed by atoms with E-state index in [1.54, 1.807) is 27.7 Å². The zero-order valence-corrected chi connectivity index (χ0v) is 11.1. The van der Waals surface area contributed by atoms with E-state index in [1.807, 2.05) is 0 Å². The minimum atomic E-state index is -1.11. The standard InChI is InChI=1S/C13H14F2N2O2/c1-7-8-5-6-9(14)10(15)11(8)17(16-7)12(18)19-13(2,3)4/h5-6H,1-4H3. The first kappa shape index (κ1) is 13.5. The number of rotatable bonds is 0. The van der Waals surface area contributed by atoms with Crippen molar-refractivity contribution >= 4 is 17.0 Å². The number of aromatic nitrogens is 2. The molecular weight excluding hydrogens is 254 g/mol. The Labute approximate surface area is 109 Å². The highest BCUT2D eigenvalue weighted by Gasteiger charge is 2.24. The number of halogens is 2. The molecule has 1 heterocycles. The quantitative estimate of drug-likeness (QED) is 0.735. The molecule has 1 aromatic carbocycles. The molecule has 2 aromatic rings. The van der Waals surface area contributed by atoms with Crippen molar-refractivity contribution in [1.82, 2.24) is 9.78 Å². The fourth-order valence-corrected chi connectivity index (χ4v) is 1.73. The lowest BCUT2D eigenvalue weighted by atomic mass is 10.2. The number of nitrogens with zero attached hydrogens (tertiary/aromatic N) is 2. The third kappa shape index (κ3) is 2.43. The third-order valence-corrected chi connectivity index (χ3v) is 2.49. The normalized spacial score (nSPS) is 11.9. The van der Waals surface area contributed by atoms with Crippen LogP contribution in [0, 0.1) is 18.6 Å². The first-order valence-corrected chi connectivity index (χ1v) is 5.77. The Morgan fingerprint density at radius 2 is 1.95 bits per heavy atom. The van der Waals surface area contributed by atoms with Gasteiger partial charge < -0.3 is 4.74 Å². The number of aryl methyl sites for hydroxylation is 1. The van der Waals surface area contributed by atoms with E-state index in [0.717, 1.165) is 10.7 Å². The van der Waals surface area contributed by atoms with Crippen LogP contribution in [0.3, 0.4) is 0 Å². The molecule has 0 fully saturated rings. The van der Waals surface area contributed by atoms with E-state index in [4.69, 9.17) is 4.74 Å². The van der Waals surface area contributed by atoms with Crippen molar-refractivity contribution in [1.29, 1.82) is 0 Å². The molecule has 0 aliphatic rings. The molecule has 0 aliphatic carbocycles. The van der Waals surface area contributed by atoms with Crippen molar-refractivity contribution in [2.24, 2.45) is 0 Å². The number of fused-ring (bicyclic) bond motifs is 1. The lowest BCUT2D eigenvalue weighted by Crippen LogP contribution is -2.28. The molecule has 0 unspecified atom stereocenters. The van der Waals surface area contributed by atoms with Crippen LogP contribution in [-0.4, -0.2) is 21.5 Å². The molecule has 2 rings (SSSR count). The Morgan fingerprint density at radius 1 is 1.32 bits per heavy atom. The maximum Gasteiger partial charge on any atom is 0.435 e. The van der Waals surface area contributed by atoms with Crippen LogP contribution in [-0.2, 0) is 4.74 Å². The number of carbonyl (C=O) groups is 1. The SMILES string of the molecule is Cc1nn(C(=O)OC(C)(C)C)c2c(F)c(F)ccc12. The van der Waals surface area contributed by atoms with Crippen molar-refractivity contribution in [3.8, 4) is 0 Å². The molecular formula is C13H14F2N2O2. The highest BCUT2D eigenvalue weighted by Crippen LogP contribution is 2.24. The van der Waals surface area contributed by atoms with Gasteiger partial charge in [-0.15, -0.1) is 0 Å². The van der Waals surface area contributed by atoms with Crippen LogP contribution < -0.4 is 0 Å². The molecule has 19 heavy (non-hydrogen) atoms. The summed E-state index contributed by atoms with van der Waals surface area (Å²) in [6.45, 7) is 6.65. The van der Waals surface area contributed by atoms with Crippen LogP contribution in [0.4, 0.5) is 13.6 Å². The maximum atomic E-state index is 13.8. The molecule has 0 amide bonds. The van der Waals surface area contributed by atoms with Crippen LogP contribution in [0.25, 0.3) is 10.9 Å². The fraction of sp³-hybridized carbons (Fsp3) is 0.385. The average Bonchev–Trinajstić information content (AvgIpc) is 2.60. The lowest BCUT2D eigenvalue weighted by Gasteiger charge is -2.19. The van der Waals surface area contributed by atoms with Gasteiger partial charge in [-0.25, -0.2) is 13.6 Å². The molecule has 1 aromatic heterocycles. The van der Waals surface area contributed by atoms with Crippen molar-refractivity contribution < 1.29 is 18.3 Å². The molecule has 0 bridgehead atoms. The van der Waals surface area contributed by atoms with Gasteiger partial charge in [0.05, 0.1) is 5.69 Å². The summed E-state index contributed by atoms with van der Waals surface area (Å²) in [6, 6.07) is 2.39. The van der Waals surface area contributed by atoms with Crippen LogP contribution >= 0.6 is 0 Å². The van der Waals surface area contributed by atoms with E-state index in [1.165, 1.54) is 6.07 Å². The van der Waals surface area contributed by atoms with Crippen LogP contribution in [0.1, 0.15) is 26.5 Å². The monoisotopic (exact) mass is 268 g/mol. The average molecular weight is 268 g/mol. The molecule has 0 aliphatic heterocycles. The Bertz CT molecular complexity index is 657. The van der Waals surface area contributed by atoms with Gasteiger partial charge in [0.2, 0.25) is 0 Å². The number of ether oxygens (including phenoxy) is 1.